The molecule has 0 N–H and O–H groups in total. The minimum Gasteiger partial charge on any atom is -0.376 e. The lowest BCUT2D eigenvalue weighted by atomic mass is 10.1. The Balaban J connectivity index is 1.76. The molecular weight excluding hydrogens is 339 g/mol. The van der Waals surface area contributed by atoms with Crippen molar-refractivity contribution < 1.29 is 22.7 Å². The van der Waals surface area contributed by atoms with Crippen LogP contribution < -0.4 is 0 Å². The number of nitrogens with zero attached hydrogens (tertiary/aromatic N) is 1. The van der Waals surface area contributed by atoms with Gasteiger partial charge in [0.2, 0.25) is 0 Å². The maximum Gasteiger partial charge on any atom is 0.416 e. The van der Waals surface area contributed by atoms with E-state index in [2.05, 4.69) is 0 Å². The normalized spacial score (nSPS) is 24.3. The maximum atomic E-state index is 12.9. The molecule has 3 rings (SSSR count). The fourth-order valence-corrected chi connectivity index (χ4v) is 4.37. The van der Waals surface area contributed by atoms with Gasteiger partial charge in [0.25, 0.3) is 5.91 Å². The zero-order valence-corrected chi connectivity index (χ0v) is 14.0. The van der Waals surface area contributed by atoms with E-state index in [9.17, 15) is 18.0 Å². The molecule has 7 heteroatoms. The Bertz CT molecular complexity index is 564. The van der Waals surface area contributed by atoms with Gasteiger partial charge in [-0.1, -0.05) is 0 Å². The number of benzene rings is 1. The van der Waals surface area contributed by atoms with Gasteiger partial charge in [-0.2, -0.15) is 24.9 Å². The molecule has 1 aromatic carbocycles. The topological polar surface area (TPSA) is 29.5 Å². The number of alkyl halides is 3. The summed E-state index contributed by atoms with van der Waals surface area (Å²) in [6.45, 7) is 1.23. The zero-order chi connectivity index (χ0) is 17.2. The molecule has 0 saturated carbocycles. The van der Waals surface area contributed by atoms with Crippen LogP contribution in [0.3, 0.4) is 0 Å². The molecule has 1 amide bonds. The molecule has 2 atom stereocenters. The van der Waals surface area contributed by atoms with Gasteiger partial charge < -0.3 is 9.64 Å². The van der Waals surface area contributed by atoms with E-state index < -0.39 is 11.7 Å². The van der Waals surface area contributed by atoms with E-state index in [-0.39, 0.29) is 18.1 Å². The van der Waals surface area contributed by atoms with Crippen molar-refractivity contribution >= 4 is 17.7 Å². The predicted octanol–water partition coefficient (Wildman–Crippen LogP) is 3.83. The summed E-state index contributed by atoms with van der Waals surface area (Å²) in [4.78, 5) is 14.7. The molecule has 132 valence electrons. The van der Waals surface area contributed by atoms with Crippen LogP contribution in [0.2, 0.25) is 0 Å². The molecule has 0 spiro atoms. The highest BCUT2D eigenvalue weighted by Crippen LogP contribution is 2.30. The van der Waals surface area contributed by atoms with Gasteiger partial charge in [0.1, 0.15) is 0 Å². The fourth-order valence-electron chi connectivity index (χ4n) is 3.14. The summed E-state index contributed by atoms with van der Waals surface area (Å²) in [6.07, 6.45) is -1.51. The SMILES string of the molecule is O=C(c1ccc(C(F)(F)F)cc1)N(CC1CCCO1)C1CCSC1. The van der Waals surface area contributed by atoms with Crippen molar-refractivity contribution in [3.63, 3.8) is 0 Å². The number of amides is 1. The number of thioether (sulfide) groups is 1. The summed E-state index contributed by atoms with van der Waals surface area (Å²) >= 11 is 1.80. The van der Waals surface area contributed by atoms with E-state index in [0.29, 0.717) is 18.7 Å². The molecule has 0 aliphatic carbocycles. The molecule has 2 aliphatic heterocycles. The summed E-state index contributed by atoms with van der Waals surface area (Å²) in [5, 5.41) is 0. The standard InChI is InChI=1S/C17H20F3NO2S/c18-17(19,20)13-5-3-12(4-6-13)16(22)21(14-7-9-24-11-14)10-15-2-1-8-23-15/h3-6,14-15H,1-2,7-11H2. The zero-order valence-electron chi connectivity index (χ0n) is 13.2. The van der Waals surface area contributed by atoms with Crippen molar-refractivity contribution in [1.82, 2.24) is 4.90 Å². The van der Waals surface area contributed by atoms with Crippen LogP contribution in [0.4, 0.5) is 13.2 Å². The maximum absolute atomic E-state index is 12.9. The largest absolute Gasteiger partial charge is 0.416 e. The van der Waals surface area contributed by atoms with Gasteiger partial charge in [0, 0.05) is 30.5 Å². The minimum atomic E-state index is -4.39. The second kappa shape index (κ2) is 7.35. The van der Waals surface area contributed by atoms with Gasteiger partial charge in [-0.3, -0.25) is 4.79 Å². The van der Waals surface area contributed by atoms with Gasteiger partial charge >= 0.3 is 6.18 Å². The van der Waals surface area contributed by atoms with E-state index in [4.69, 9.17) is 4.74 Å². The van der Waals surface area contributed by atoms with Crippen LogP contribution in [0, 0.1) is 0 Å². The molecule has 0 radical (unpaired) electrons. The van der Waals surface area contributed by atoms with E-state index >= 15 is 0 Å². The average Bonchev–Trinajstić information content (AvgIpc) is 3.24. The Kier molecular flexibility index (Phi) is 5.39. The lowest BCUT2D eigenvalue weighted by molar-refractivity contribution is -0.137. The second-order valence-electron chi connectivity index (χ2n) is 6.19. The molecule has 0 aromatic heterocycles. The first kappa shape index (κ1) is 17.6. The highest BCUT2D eigenvalue weighted by Gasteiger charge is 2.33. The van der Waals surface area contributed by atoms with Gasteiger partial charge in [-0.15, -0.1) is 0 Å². The third kappa shape index (κ3) is 4.06. The van der Waals surface area contributed by atoms with Crippen LogP contribution in [-0.4, -0.2) is 47.6 Å². The van der Waals surface area contributed by atoms with Crippen LogP contribution >= 0.6 is 11.8 Å². The first-order valence-corrected chi connectivity index (χ1v) is 9.28. The molecule has 0 bridgehead atoms. The Morgan fingerprint density at radius 3 is 2.54 bits per heavy atom. The molecule has 2 fully saturated rings. The lowest BCUT2D eigenvalue weighted by Gasteiger charge is -2.31. The highest BCUT2D eigenvalue weighted by atomic mass is 32.2. The molecule has 24 heavy (non-hydrogen) atoms. The number of carbonyl (C=O) groups is 1. The molecule has 3 nitrogen and oxygen atoms in total. The molecule has 2 aliphatic rings. The summed E-state index contributed by atoms with van der Waals surface area (Å²) in [6, 6.07) is 4.63. The van der Waals surface area contributed by atoms with Gasteiger partial charge in [-0.25, -0.2) is 0 Å². The first-order valence-electron chi connectivity index (χ1n) is 8.13. The van der Waals surface area contributed by atoms with E-state index in [1.165, 1.54) is 12.1 Å². The van der Waals surface area contributed by atoms with Crippen LogP contribution in [0.5, 0.6) is 0 Å². The lowest BCUT2D eigenvalue weighted by Crippen LogP contribution is -2.44. The Morgan fingerprint density at radius 1 is 1.25 bits per heavy atom. The highest BCUT2D eigenvalue weighted by molar-refractivity contribution is 7.99. The van der Waals surface area contributed by atoms with Gasteiger partial charge in [0.05, 0.1) is 11.7 Å². The number of ether oxygens (including phenoxy) is 1. The quantitative estimate of drug-likeness (QED) is 0.818. The third-order valence-corrected chi connectivity index (χ3v) is 5.64. The molecule has 1 aromatic rings. The number of hydrogen-bond donors (Lipinski definition) is 0. The van der Waals surface area contributed by atoms with E-state index in [1.54, 1.807) is 16.7 Å². The molecule has 2 unspecified atom stereocenters. The van der Waals surface area contributed by atoms with E-state index in [0.717, 1.165) is 42.9 Å². The van der Waals surface area contributed by atoms with Crippen molar-refractivity contribution in [1.29, 1.82) is 0 Å². The third-order valence-electron chi connectivity index (χ3n) is 4.49. The average molecular weight is 359 g/mol. The van der Waals surface area contributed by atoms with Crippen LogP contribution in [-0.2, 0) is 10.9 Å². The summed E-state index contributed by atoms with van der Waals surface area (Å²) < 4.78 is 43.7. The monoisotopic (exact) mass is 359 g/mol. The summed E-state index contributed by atoms with van der Waals surface area (Å²) in [5.74, 6) is 1.68. The first-order chi connectivity index (χ1) is 11.4. The van der Waals surface area contributed by atoms with E-state index in [1.807, 2.05) is 0 Å². The van der Waals surface area contributed by atoms with Gasteiger partial charge in [-0.05, 0) is 49.3 Å². The smallest absolute Gasteiger partial charge is 0.376 e. The van der Waals surface area contributed by atoms with Crippen LogP contribution in [0.15, 0.2) is 24.3 Å². The number of halogens is 3. The predicted molar refractivity (Wildman–Crippen MR) is 87.2 cm³/mol. The fraction of sp³-hybridized carbons (Fsp3) is 0.588. The summed E-state index contributed by atoms with van der Waals surface area (Å²) in [7, 11) is 0. The van der Waals surface area contributed by atoms with Gasteiger partial charge in [0.15, 0.2) is 0 Å². The Labute approximate surface area is 143 Å². The van der Waals surface area contributed by atoms with Crippen LogP contribution in [0.25, 0.3) is 0 Å². The van der Waals surface area contributed by atoms with Crippen molar-refractivity contribution in [2.45, 2.75) is 37.6 Å². The van der Waals surface area contributed by atoms with Crippen molar-refractivity contribution in [2.24, 2.45) is 0 Å². The Hall–Kier alpha value is -1.21. The Morgan fingerprint density at radius 2 is 2.00 bits per heavy atom. The number of rotatable bonds is 4. The molecule has 2 saturated heterocycles. The summed E-state index contributed by atoms with van der Waals surface area (Å²) in [5.41, 5.74) is -0.431. The number of hydrogen-bond acceptors (Lipinski definition) is 3. The second-order valence-corrected chi connectivity index (χ2v) is 7.33. The van der Waals surface area contributed by atoms with Crippen LogP contribution in [0.1, 0.15) is 35.2 Å². The minimum absolute atomic E-state index is 0.0361. The number of carbonyl (C=O) groups excluding carboxylic acids is 1. The molecule has 2 heterocycles. The molecular formula is C17H20F3NO2S. The van der Waals surface area contributed by atoms with Crippen molar-refractivity contribution in [3.05, 3.63) is 35.4 Å². The van der Waals surface area contributed by atoms with Crippen molar-refractivity contribution in [2.75, 3.05) is 24.7 Å². The van der Waals surface area contributed by atoms with Crippen molar-refractivity contribution in [3.8, 4) is 0 Å².